The van der Waals surface area contributed by atoms with Crippen molar-refractivity contribution < 1.29 is 17.9 Å². The molecule has 0 unspecified atom stereocenters. The third-order valence-corrected chi connectivity index (χ3v) is 3.11. The van der Waals surface area contributed by atoms with Gasteiger partial charge < -0.3 is 4.74 Å². The highest BCUT2D eigenvalue weighted by Gasteiger charge is 2.38. The van der Waals surface area contributed by atoms with Gasteiger partial charge in [0, 0.05) is 18.8 Å². The van der Waals surface area contributed by atoms with Crippen LogP contribution in [0.25, 0.3) is 0 Å². The molecule has 2 rings (SSSR count). The second-order valence-corrected chi connectivity index (χ2v) is 4.03. The van der Waals surface area contributed by atoms with Crippen LogP contribution in [0.15, 0.2) is 12.1 Å². The molecule has 1 saturated heterocycles. The smallest absolute Gasteiger partial charge is 0.194 e. The van der Waals surface area contributed by atoms with E-state index in [9.17, 15) is 18.4 Å². The Kier molecular flexibility index (Phi) is 3.07. The lowest BCUT2D eigenvalue weighted by atomic mass is 9.75. The molecule has 0 aliphatic carbocycles. The number of benzene rings is 1. The average molecular weight is 241 g/mol. The summed E-state index contributed by atoms with van der Waals surface area (Å²) in [6.45, 7) is 0.623. The molecule has 1 aromatic carbocycles. The molecule has 0 saturated carbocycles. The predicted octanol–water partition coefficient (Wildman–Crippen LogP) is 2.68. The summed E-state index contributed by atoms with van der Waals surface area (Å²) in [5.41, 5.74) is -1.20. The van der Waals surface area contributed by atoms with E-state index in [1.54, 1.807) is 0 Å². The highest BCUT2D eigenvalue weighted by molar-refractivity contribution is 5.35. The Morgan fingerprint density at radius 3 is 2.35 bits per heavy atom. The van der Waals surface area contributed by atoms with Crippen molar-refractivity contribution in [3.63, 3.8) is 0 Å². The van der Waals surface area contributed by atoms with E-state index >= 15 is 0 Å². The average Bonchev–Trinajstić information content (AvgIpc) is 2.37. The van der Waals surface area contributed by atoms with Crippen LogP contribution >= 0.6 is 0 Å². The molecule has 0 N–H and O–H groups in total. The van der Waals surface area contributed by atoms with E-state index in [0.29, 0.717) is 13.2 Å². The molecule has 1 aliphatic heterocycles. The van der Waals surface area contributed by atoms with Crippen LogP contribution in [0.1, 0.15) is 18.4 Å². The molecular weight excluding hydrogens is 231 g/mol. The Bertz CT molecular complexity index is 475. The highest BCUT2D eigenvalue weighted by atomic mass is 19.2. The van der Waals surface area contributed by atoms with Crippen LogP contribution in [-0.4, -0.2) is 13.2 Å². The number of hydrogen-bond acceptors (Lipinski definition) is 2. The van der Waals surface area contributed by atoms with E-state index in [1.165, 1.54) is 0 Å². The summed E-state index contributed by atoms with van der Waals surface area (Å²) < 4.78 is 44.8. The molecule has 0 amide bonds. The minimum atomic E-state index is -1.52. The Morgan fingerprint density at radius 2 is 1.76 bits per heavy atom. The fourth-order valence-electron chi connectivity index (χ4n) is 2.06. The monoisotopic (exact) mass is 241 g/mol. The van der Waals surface area contributed by atoms with Gasteiger partial charge in [0.2, 0.25) is 0 Å². The Hall–Kier alpha value is -1.54. The number of hydrogen-bond donors (Lipinski definition) is 0. The first-order valence-corrected chi connectivity index (χ1v) is 5.24. The van der Waals surface area contributed by atoms with Gasteiger partial charge in [0.05, 0.1) is 11.5 Å². The molecule has 90 valence electrons. The van der Waals surface area contributed by atoms with Crippen molar-refractivity contribution in [3.8, 4) is 6.07 Å². The maximum atomic E-state index is 13.7. The molecule has 1 heterocycles. The maximum absolute atomic E-state index is 13.7. The molecule has 0 spiro atoms. The summed E-state index contributed by atoms with van der Waals surface area (Å²) in [7, 11) is 0. The van der Waals surface area contributed by atoms with Crippen molar-refractivity contribution in [1.29, 1.82) is 5.26 Å². The van der Waals surface area contributed by atoms with Crippen LogP contribution in [0.2, 0.25) is 0 Å². The van der Waals surface area contributed by atoms with Crippen LogP contribution in [0, 0.1) is 28.8 Å². The van der Waals surface area contributed by atoms with Gasteiger partial charge in [0.25, 0.3) is 0 Å². The minimum absolute atomic E-state index is 0.0813. The van der Waals surface area contributed by atoms with Crippen molar-refractivity contribution in [2.24, 2.45) is 0 Å². The highest BCUT2D eigenvalue weighted by Crippen LogP contribution is 2.36. The number of nitriles is 1. The zero-order valence-corrected chi connectivity index (χ0v) is 8.97. The number of rotatable bonds is 1. The zero-order valence-electron chi connectivity index (χ0n) is 8.97. The summed E-state index contributed by atoms with van der Waals surface area (Å²) in [4.78, 5) is 0. The van der Waals surface area contributed by atoms with Gasteiger partial charge in [-0.15, -0.1) is 0 Å². The summed E-state index contributed by atoms with van der Waals surface area (Å²) in [5, 5.41) is 9.19. The van der Waals surface area contributed by atoms with Crippen molar-refractivity contribution in [1.82, 2.24) is 0 Å². The van der Waals surface area contributed by atoms with Crippen LogP contribution in [0.3, 0.4) is 0 Å². The Balaban J connectivity index is 2.52. The van der Waals surface area contributed by atoms with E-state index in [2.05, 4.69) is 0 Å². The van der Waals surface area contributed by atoms with Gasteiger partial charge in [-0.1, -0.05) is 6.07 Å². The maximum Gasteiger partial charge on any atom is 0.194 e. The molecule has 5 heteroatoms. The van der Waals surface area contributed by atoms with E-state index in [-0.39, 0.29) is 18.4 Å². The van der Waals surface area contributed by atoms with Crippen LogP contribution in [-0.2, 0) is 10.2 Å². The molecule has 2 nitrogen and oxygen atoms in total. The molecule has 0 atom stereocenters. The molecule has 0 aromatic heterocycles. The topological polar surface area (TPSA) is 33.0 Å². The summed E-state index contributed by atoms with van der Waals surface area (Å²) in [6.07, 6.45) is 0.566. The van der Waals surface area contributed by atoms with Gasteiger partial charge in [0.1, 0.15) is 0 Å². The third-order valence-electron chi connectivity index (χ3n) is 3.11. The second-order valence-electron chi connectivity index (χ2n) is 4.03. The lowest BCUT2D eigenvalue weighted by molar-refractivity contribution is 0.0663. The Morgan fingerprint density at radius 1 is 1.12 bits per heavy atom. The normalized spacial score (nSPS) is 18.7. The molecular formula is C12H10F3NO. The summed E-state index contributed by atoms with van der Waals surface area (Å²) >= 11 is 0. The van der Waals surface area contributed by atoms with Gasteiger partial charge >= 0.3 is 0 Å². The SMILES string of the molecule is N#CC1(c2ccc(F)c(F)c2F)CCOCC1. The van der Waals surface area contributed by atoms with Gasteiger partial charge in [-0.25, -0.2) is 13.2 Å². The number of nitrogens with zero attached hydrogens (tertiary/aromatic N) is 1. The zero-order chi connectivity index (χ0) is 12.5. The molecule has 17 heavy (non-hydrogen) atoms. The van der Waals surface area contributed by atoms with Gasteiger partial charge in [-0.3, -0.25) is 0 Å². The lowest BCUT2D eigenvalue weighted by Crippen LogP contribution is -2.33. The van der Waals surface area contributed by atoms with E-state index in [1.807, 2.05) is 6.07 Å². The first-order valence-electron chi connectivity index (χ1n) is 5.24. The molecule has 1 fully saturated rings. The first kappa shape index (κ1) is 11.9. The van der Waals surface area contributed by atoms with Gasteiger partial charge in [-0.05, 0) is 18.9 Å². The van der Waals surface area contributed by atoms with Crippen LogP contribution in [0.4, 0.5) is 13.2 Å². The van der Waals surface area contributed by atoms with Gasteiger partial charge in [-0.2, -0.15) is 5.26 Å². The minimum Gasteiger partial charge on any atom is -0.381 e. The quantitative estimate of drug-likeness (QED) is 0.708. The fourth-order valence-corrected chi connectivity index (χ4v) is 2.06. The number of ether oxygens (including phenoxy) is 1. The van der Waals surface area contributed by atoms with Crippen LogP contribution in [0.5, 0.6) is 0 Å². The van der Waals surface area contributed by atoms with Crippen molar-refractivity contribution in [2.45, 2.75) is 18.3 Å². The van der Waals surface area contributed by atoms with Crippen molar-refractivity contribution in [2.75, 3.05) is 13.2 Å². The van der Waals surface area contributed by atoms with E-state index < -0.39 is 22.9 Å². The van der Waals surface area contributed by atoms with Crippen molar-refractivity contribution in [3.05, 3.63) is 35.1 Å². The second kappa shape index (κ2) is 4.38. The third kappa shape index (κ3) is 1.89. The standard InChI is InChI=1S/C12H10F3NO/c13-9-2-1-8(10(14)11(9)15)12(7-16)3-5-17-6-4-12/h1-2H,3-6H2. The fraction of sp³-hybridized carbons (Fsp3) is 0.417. The number of halogens is 3. The summed E-state index contributed by atoms with van der Waals surface area (Å²) in [6, 6.07) is 4.00. The molecule has 1 aromatic rings. The summed E-state index contributed by atoms with van der Waals surface area (Å²) in [5.74, 6) is -4.04. The predicted molar refractivity (Wildman–Crippen MR) is 53.7 cm³/mol. The van der Waals surface area contributed by atoms with Crippen molar-refractivity contribution >= 4 is 0 Å². The van der Waals surface area contributed by atoms with Gasteiger partial charge in [0.15, 0.2) is 17.5 Å². The molecule has 0 bridgehead atoms. The largest absolute Gasteiger partial charge is 0.381 e. The van der Waals surface area contributed by atoms with E-state index in [4.69, 9.17) is 4.74 Å². The first-order chi connectivity index (χ1) is 8.10. The Labute approximate surface area is 96.6 Å². The molecule has 0 radical (unpaired) electrons. The van der Waals surface area contributed by atoms with E-state index in [0.717, 1.165) is 12.1 Å². The molecule has 1 aliphatic rings. The van der Waals surface area contributed by atoms with Crippen LogP contribution < -0.4 is 0 Å². The lowest BCUT2D eigenvalue weighted by Gasteiger charge is -2.31.